The van der Waals surface area contributed by atoms with Crippen LogP contribution in [0.3, 0.4) is 0 Å². The van der Waals surface area contributed by atoms with E-state index in [2.05, 4.69) is 45.3 Å². The summed E-state index contributed by atoms with van der Waals surface area (Å²) in [5.41, 5.74) is 0.489. The highest BCUT2D eigenvalue weighted by Gasteiger charge is 2.21. The van der Waals surface area contributed by atoms with Crippen molar-refractivity contribution < 1.29 is 18.3 Å². The highest BCUT2D eigenvalue weighted by atomic mass is 79.9. The summed E-state index contributed by atoms with van der Waals surface area (Å²) in [7, 11) is 0. The summed E-state index contributed by atoms with van der Waals surface area (Å²) < 4.78 is 34.7. The molecule has 2 aromatic carbocycles. The van der Waals surface area contributed by atoms with Gasteiger partial charge in [-0.15, -0.1) is 10.2 Å². The van der Waals surface area contributed by atoms with Crippen molar-refractivity contribution in [3.8, 4) is 5.75 Å². The molecule has 0 aliphatic carbocycles. The first kappa shape index (κ1) is 24.2. The van der Waals surface area contributed by atoms with Gasteiger partial charge >= 0.3 is 0 Å². The van der Waals surface area contributed by atoms with Gasteiger partial charge in [0.2, 0.25) is 5.91 Å². The van der Waals surface area contributed by atoms with E-state index in [0.717, 1.165) is 0 Å². The van der Waals surface area contributed by atoms with Crippen LogP contribution in [0.15, 0.2) is 52.1 Å². The van der Waals surface area contributed by atoms with Crippen molar-refractivity contribution in [2.24, 2.45) is 5.92 Å². The fourth-order valence-electron chi connectivity index (χ4n) is 2.92. The molecule has 0 spiro atoms. The molecule has 1 atom stereocenters. The molecule has 0 saturated heterocycles. The molecular formula is C22H23BrF2N4O2S. The summed E-state index contributed by atoms with van der Waals surface area (Å²) in [5, 5.41) is 11.9. The highest BCUT2D eigenvalue weighted by Crippen LogP contribution is 2.27. The number of nitrogens with zero attached hydrogens (tertiary/aromatic N) is 3. The largest absolute Gasteiger partial charge is 0.483 e. The third-order valence-electron chi connectivity index (χ3n) is 4.32. The second kappa shape index (κ2) is 10.9. The van der Waals surface area contributed by atoms with Gasteiger partial charge in [-0.05, 0) is 71.2 Å². The Hall–Kier alpha value is -2.46. The van der Waals surface area contributed by atoms with Crippen LogP contribution in [-0.2, 0) is 11.3 Å². The smallest absolute Gasteiger partial charge is 0.234 e. The zero-order valence-corrected chi connectivity index (χ0v) is 20.2. The molecule has 0 aliphatic heterocycles. The lowest BCUT2D eigenvalue weighted by molar-refractivity contribution is -0.113. The van der Waals surface area contributed by atoms with Crippen molar-refractivity contribution in [2.75, 3.05) is 11.1 Å². The van der Waals surface area contributed by atoms with Crippen LogP contribution in [0.4, 0.5) is 14.5 Å². The highest BCUT2D eigenvalue weighted by molar-refractivity contribution is 9.10. The van der Waals surface area contributed by atoms with Gasteiger partial charge in [0.1, 0.15) is 17.4 Å². The molecule has 0 bridgehead atoms. The molecule has 10 heteroatoms. The van der Waals surface area contributed by atoms with E-state index < -0.39 is 11.9 Å². The molecule has 1 unspecified atom stereocenters. The predicted molar refractivity (Wildman–Crippen MR) is 124 cm³/mol. The Bertz CT molecular complexity index is 1080. The van der Waals surface area contributed by atoms with E-state index in [-0.39, 0.29) is 17.5 Å². The molecule has 1 aromatic heterocycles. The van der Waals surface area contributed by atoms with E-state index in [1.807, 2.05) is 11.5 Å². The Morgan fingerprint density at radius 3 is 2.47 bits per heavy atom. The molecule has 0 fully saturated rings. The fourth-order valence-corrected chi connectivity index (χ4v) is 4.13. The van der Waals surface area contributed by atoms with Gasteiger partial charge < -0.3 is 14.6 Å². The lowest BCUT2D eigenvalue weighted by Crippen LogP contribution is -2.17. The molecule has 6 nitrogen and oxygen atoms in total. The standard InChI is InChI=1S/C22H23BrF2N4O2S/c1-13(2)11-29-21(14(3)31-17-7-4-15(24)5-8-17)27-28-22(29)32-12-20(30)26-19-9-6-16(25)10-18(19)23/h4-10,13-14H,11-12H2,1-3H3,(H,26,30). The molecule has 1 N–H and O–H groups in total. The number of carbonyl (C=O) groups excluding carboxylic acids is 1. The average molecular weight is 525 g/mol. The number of amides is 1. The van der Waals surface area contributed by atoms with Crippen molar-refractivity contribution in [3.05, 3.63) is 64.4 Å². The van der Waals surface area contributed by atoms with Gasteiger partial charge in [0.15, 0.2) is 17.1 Å². The summed E-state index contributed by atoms with van der Waals surface area (Å²) in [6.07, 6.45) is -0.426. The number of nitrogens with one attached hydrogen (secondary N) is 1. The van der Waals surface area contributed by atoms with E-state index in [4.69, 9.17) is 4.74 Å². The topological polar surface area (TPSA) is 69.0 Å². The van der Waals surface area contributed by atoms with Crippen LogP contribution in [0.2, 0.25) is 0 Å². The summed E-state index contributed by atoms with van der Waals surface area (Å²) >= 11 is 4.49. The van der Waals surface area contributed by atoms with E-state index in [0.29, 0.717) is 39.4 Å². The first-order chi connectivity index (χ1) is 15.2. The number of aromatic nitrogens is 3. The molecule has 0 radical (unpaired) electrons. The number of halogens is 3. The molecule has 0 saturated carbocycles. The third-order valence-corrected chi connectivity index (χ3v) is 5.94. The van der Waals surface area contributed by atoms with Gasteiger partial charge in [-0.3, -0.25) is 4.79 Å². The maximum absolute atomic E-state index is 13.2. The van der Waals surface area contributed by atoms with E-state index in [1.54, 1.807) is 12.1 Å². The van der Waals surface area contributed by atoms with Gasteiger partial charge in [0, 0.05) is 11.0 Å². The second-order valence-electron chi connectivity index (χ2n) is 7.52. The van der Waals surface area contributed by atoms with E-state index >= 15 is 0 Å². The maximum Gasteiger partial charge on any atom is 0.234 e. The lowest BCUT2D eigenvalue weighted by atomic mass is 10.2. The van der Waals surface area contributed by atoms with Crippen LogP contribution in [0.5, 0.6) is 5.75 Å². The average Bonchev–Trinajstić information content (AvgIpc) is 3.12. The van der Waals surface area contributed by atoms with Crippen LogP contribution in [0.25, 0.3) is 0 Å². The SMILES string of the molecule is CC(C)Cn1c(SCC(=O)Nc2ccc(F)cc2Br)nnc1C(C)Oc1ccc(F)cc1. The Kier molecular flexibility index (Phi) is 8.25. The minimum absolute atomic E-state index is 0.104. The van der Waals surface area contributed by atoms with E-state index in [9.17, 15) is 13.6 Å². The fraction of sp³-hybridized carbons (Fsp3) is 0.318. The predicted octanol–water partition coefficient (Wildman–Crippen LogP) is 5.85. The minimum atomic E-state index is -0.426. The molecule has 1 amide bonds. The van der Waals surface area contributed by atoms with Gasteiger partial charge in [-0.1, -0.05) is 25.6 Å². The molecular weight excluding hydrogens is 502 g/mol. The zero-order chi connectivity index (χ0) is 23.3. The number of hydrogen-bond acceptors (Lipinski definition) is 5. The summed E-state index contributed by atoms with van der Waals surface area (Å²) in [6, 6.07) is 9.85. The van der Waals surface area contributed by atoms with Crippen molar-refractivity contribution >= 4 is 39.3 Å². The summed E-state index contributed by atoms with van der Waals surface area (Å²) in [6.45, 7) is 6.63. The molecule has 1 heterocycles. The van der Waals surface area contributed by atoms with Crippen molar-refractivity contribution in [1.82, 2.24) is 14.8 Å². The van der Waals surface area contributed by atoms with Gasteiger partial charge in [-0.2, -0.15) is 0 Å². The second-order valence-corrected chi connectivity index (χ2v) is 9.32. The minimum Gasteiger partial charge on any atom is -0.483 e. The van der Waals surface area contributed by atoms with Crippen LogP contribution >= 0.6 is 27.7 Å². The Morgan fingerprint density at radius 1 is 1.12 bits per heavy atom. The molecule has 32 heavy (non-hydrogen) atoms. The summed E-state index contributed by atoms with van der Waals surface area (Å²) in [4.78, 5) is 12.4. The number of benzene rings is 2. The van der Waals surface area contributed by atoms with E-state index in [1.165, 1.54) is 42.1 Å². The van der Waals surface area contributed by atoms with Crippen LogP contribution in [0, 0.1) is 17.6 Å². The van der Waals surface area contributed by atoms with Crippen LogP contribution in [0.1, 0.15) is 32.7 Å². The maximum atomic E-state index is 13.2. The Balaban J connectivity index is 1.69. The van der Waals surface area contributed by atoms with Crippen molar-refractivity contribution in [2.45, 2.75) is 38.6 Å². The first-order valence-electron chi connectivity index (χ1n) is 9.96. The number of ether oxygens (including phenoxy) is 1. The van der Waals surface area contributed by atoms with Crippen molar-refractivity contribution in [1.29, 1.82) is 0 Å². The molecule has 3 aromatic rings. The van der Waals surface area contributed by atoms with Gasteiger partial charge in [0.05, 0.1) is 11.4 Å². The Labute approximate surface area is 197 Å². The third kappa shape index (κ3) is 6.52. The normalized spacial score (nSPS) is 12.1. The van der Waals surface area contributed by atoms with Crippen molar-refractivity contribution in [3.63, 3.8) is 0 Å². The lowest BCUT2D eigenvalue weighted by Gasteiger charge is -2.18. The number of carbonyl (C=O) groups is 1. The van der Waals surface area contributed by atoms with Crippen LogP contribution < -0.4 is 10.1 Å². The molecule has 170 valence electrons. The van der Waals surface area contributed by atoms with Crippen LogP contribution in [-0.4, -0.2) is 26.4 Å². The quantitative estimate of drug-likeness (QED) is 0.356. The molecule has 0 aliphatic rings. The zero-order valence-electron chi connectivity index (χ0n) is 17.8. The number of rotatable bonds is 9. The van der Waals surface area contributed by atoms with Gasteiger partial charge in [0.25, 0.3) is 0 Å². The Morgan fingerprint density at radius 2 is 1.81 bits per heavy atom. The number of anilines is 1. The molecule has 3 rings (SSSR count). The monoisotopic (exact) mass is 524 g/mol. The summed E-state index contributed by atoms with van der Waals surface area (Å²) in [5.74, 6) is 0.578. The number of thioether (sulfide) groups is 1. The first-order valence-corrected chi connectivity index (χ1v) is 11.7. The number of hydrogen-bond donors (Lipinski definition) is 1. The van der Waals surface area contributed by atoms with Gasteiger partial charge in [-0.25, -0.2) is 8.78 Å².